The highest BCUT2D eigenvalue weighted by Gasteiger charge is 2.64. The van der Waals surface area contributed by atoms with E-state index >= 15 is 0 Å². The first-order valence-corrected chi connectivity index (χ1v) is 9.18. The Kier molecular flexibility index (Phi) is 3.53. The lowest BCUT2D eigenvalue weighted by Gasteiger charge is -2.48. The summed E-state index contributed by atoms with van der Waals surface area (Å²) in [6.07, 6.45) is 3.69. The minimum atomic E-state index is -0.323. The van der Waals surface area contributed by atoms with E-state index in [0.717, 1.165) is 0 Å². The third kappa shape index (κ3) is 2.38. The topological polar surface area (TPSA) is 35.5 Å². The van der Waals surface area contributed by atoms with Crippen molar-refractivity contribution in [3.8, 4) is 0 Å². The second-order valence-electron chi connectivity index (χ2n) is 8.90. The Morgan fingerprint density at radius 1 is 1.00 bits per heavy atom. The maximum atomic E-state index is 12.0. The highest BCUT2D eigenvalue weighted by molar-refractivity contribution is 6.48. The molecule has 2 aliphatic carbocycles. The normalized spacial score (nSPS) is 28.5. The summed E-state index contributed by atoms with van der Waals surface area (Å²) < 4.78 is 12.9. The van der Waals surface area contributed by atoms with Crippen LogP contribution in [-0.2, 0) is 19.5 Å². The van der Waals surface area contributed by atoms with E-state index in [9.17, 15) is 4.79 Å². The third-order valence-corrected chi connectivity index (χ3v) is 6.71. The molecular weight excluding hydrogens is 299 g/mol. The lowest BCUT2D eigenvalue weighted by atomic mass is 9.45. The summed E-state index contributed by atoms with van der Waals surface area (Å²) in [6.45, 7) is 8.44. The second kappa shape index (κ2) is 5.19. The van der Waals surface area contributed by atoms with Gasteiger partial charge in [0.15, 0.2) is 0 Å². The first-order valence-electron chi connectivity index (χ1n) is 9.18. The van der Waals surface area contributed by atoms with Crippen molar-refractivity contribution in [2.24, 2.45) is 5.92 Å². The largest absolute Gasteiger partial charge is 0.462 e. The van der Waals surface area contributed by atoms with E-state index in [1.807, 2.05) is 6.07 Å². The third-order valence-electron chi connectivity index (χ3n) is 6.71. The van der Waals surface area contributed by atoms with Crippen LogP contribution in [0.15, 0.2) is 30.3 Å². The zero-order chi connectivity index (χ0) is 17.2. The minimum absolute atomic E-state index is 0.110. The molecule has 0 amide bonds. The highest BCUT2D eigenvalue weighted by Crippen LogP contribution is 2.61. The smallest absolute Gasteiger partial charge is 0.403 e. The van der Waals surface area contributed by atoms with Crippen molar-refractivity contribution in [1.82, 2.24) is 0 Å². The average Bonchev–Trinajstić information content (AvgIpc) is 3.26. The molecule has 3 fully saturated rings. The Morgan fingerprint density at radius 2 is 1.54 bits per heavy atom. The SMILES string of the molecule is CC1(C)OB(C(C2CC2)C2(c3ccccc3)CC(=O)C2)OC1(C)C. The molecule has 0 bridgehead atoms. The van der Waals surface area contributed by atoms with Gasteiger partial charge in [-0.2, -0.15) is 0 Å². The van der Waals surface area contributed by atoms with Crippen LogP contribution in [0, 0.1) is 5.92 Å². The predicted octanol–water partition coefficient (Wildman–Crippen LogP) is 4.16. The van der Waals surface area contributed by atoms with E-state index in [-0.39, 0.29) is 29.6 Å². The van der Waals surface area contributed by atoms with Gasteiger partial charge in [0.2, 0.25) is 0 Å². The summed E-state index contributed by atoms with van der Waals surface area (Å²) in [4.78, 5) is 12.0. The molecule has 0 aromatic heterocycles. The molecule has 1 unspecified atom stereocenters. The molecule has 0 N–H and O–H groups in total. The van der Waals surface area contributed by atoms with Crippen LogP contribution in [0.3, 0.4) is 0 Å². The van der Waals surface area contributed by atoms with Gasteiger partial charge in [-0.15, -0.1) is 0 Å². The summed E-state index contributed by atoms with van der Waals surface area (Å²) in [7, 11) is -0.226. The molecule has 1 atom stereocenters. The van der Waals surface area contributed by atoms with E-state index in [1.54, 1.807) is 0 Å². The predicted molar refractivity (Wildman–Crippen MR) is 94.9 cm³/mol. The van der Waals surface area contributed by atoms with Gasteiger partial charge >= 0.3 is 7.12 Å². The molecule has 128 valence electrons. The summed E-state index contributed by atoms with van der Waals surface area (Å²) in [5, 5.41) is 0. The van der Waals surface area contributed by atoms with Gasteiger partial charge in [0.25, 0.3) is 0 Å². The maximum absolute atomic E-state index is 12.0. The lowest BCUT2D eigenvalue weighted by Crippen LogP contribution is -2.51. The number of benzene rings is 1. The van der Waals surface area contributed by atoms with Crippen molar-refractivity contribution in [1.29, 1.82) is 0 Å². The van der Waals surface area contributed by atoms with E-state index in [1.165, 1.54) is 18.4 Å². The Labute approximate surface area is 145 Å². The number of rotatable bonds is 4. The van der Waals surface area contributed by atoms with Gasteiger partial charge in [-0.05, 0) is 39.2 Å². The number of carbonyl (C=O) groups is 1. The van der Waals surface area contributed by atoms with Gasteiger partial charge in [0.05, 0.1) is 11.2 Å². The Bertz CT molecular complexity index is 624. The Hall–Kier alpha value is -1.13. The zero-order valence-corrected chi connectivity index (χ0v) is 15.2. The van der Waals surface area contributed by atoms with Crippen LogP contribution in [0.25, 0.3) is 0 Å². The quantitative estimate of drug-likeness (QED) is 0.780. The van der Waals surface area contributed by atoms with E-state index < -0.39 is 0 Å². The molecule has 2 saturated carbocycles. The van der Waals surface area contributed by atoms with Crippen LogP contribution < -0.4 is 0 Å². The van der Waals surface area contributed by atoms with Gasteiger partial charge in [0.1, 0.15) is 5.78 Å². The number of carbonyl (C=O) groups excluding carboxylic acids is 1. The molecule has 0 spiro atoms. The molecule has 1 aromatic rings. The lowest BCUT2D eigenvalue weighted by molar-refractivity contribution is -0.129. The van der Waals surface area contributed by atoms with Gasteiger partial charge in [-0.3, -0.25) is 4.79 Å². The molecule has 1 heterocycles. The molecule has 24 heavy (non-hydrogen) atoms. The summed E-state index contributed by atoms with van der Waals surface area (Å²) in [5.74, 6) is 1.23. The molecule has 3 aliphatic rings. The van der Waals surface area contributed by atoms with Gasteiger partial charge in [0, 0.05) is 24.1 Å². The van der Waals surface area contributed by atoms with Crippen molar-refractivity contribution in [3.05, 3.63) is 35.9 Å². The van der Waals surface area contributed by atoms with Gasteiger partial charge in [-0.1, -0.05) is 43.2 Å². The molecule has 3 nitrogen and oxygen atoms in total. The van der Waals surface area contributed by atoms with Crippen LogP contribution in [-0.4, -0.2) is 24.1 Å². The number of hydrogen-bond acceptors (Lipinski definition) is 3. The molecule has 4 rings (SSSR count). The summed E-state index contributed by atoms with van der Waals surface area (Å²) >= 11 is 0. The first-order chi connectivity index (χ1) is 11.3. The summed E-state index contributed by atoms with van der Waals surface area (Å²) in [5.41, 5.74) is 0.518. The van der Waals surface area contributed by atoms with E-state index in [0.29, 0.717) is 24.5 Å². The van der Waals surface area contributed by atoms with Crippen molar-refractivity contribution < 1.29 is 14.1 Å². The molecular formula is C20H27BO3. The minimum Gasteiger partial charge on any atom is -0.403 e. The monoisotopic (exact) mass is 326 g/mol. The van der Waals surface area contributed by atoms with Gasteiger partial charge in [-0.25, -0.2) is 0 Å². The number of ketones is 1. The highest BCUT2D eigenvalue weighted by atomic mass is 16.7. The fraction of sp³-hybridized carbons (Fsp3) is 0.650. The van der Waals surface area contributed by atoms with E-state index in [4.69, 9.17) is 9.31 Å². The second-order valence-corrected chi connectivity index (χ2v) is 8.90. The van der Waals surface area contributed by atoms with Crippen LogP contribution in [0.2, 0.25) is 5.82 Å². The fourth-order valence-corrected chi connectivity index (χ4v) is 4.48. The van der Waals surface area contributed by atoms with Crippen LogP contribution in [0.4, 0.5) is 0 Å². The molecule has 1 saturated heterocycles. The molecule has 1 aliphatic heterocycles. The van der Waals surface area contributed by atoms with Crippen molar-refractivity contribution in [3.63, 3.8) is 0 Å². The zero-order valence-electron chi connectivity index (χ0n) is 15.2. The Morgan fingerprint density at radius 3 is 2.00 bits per heavy atom. The fourth-order valence-electron chi connectivity index (χ4n) is 4.48. The van der Waals surface area contributed by atoms with Crippen molar-refractivity contribution >= 4 is 12.9 Å². The van der Waals surface area contributed by atoms with Crippen molar-refractivity contribution in [2.45, 2.75) is 75.8 Å². The molecule has 0 radical (unpaired) electrons. The number of hydrogen-bond donors (Lipinski definition) is 0. The van der Waals surface area contributed by atoms with Gasteiger partial charge < -0.3 is 9.31 Å². The Balaban J connectivity index is 1.72. The molecule has 1 aromatic carbocycles. The van der Waals surface area contributed by atoms with Crippen LogP contribution >= 0.6 is 0 Å². The summed E-state index contributed by atoms with van der Waals surface area (Å²) in [6, 6.07) is 10.5. The molecule has 4 heteroatoms. The maximum Gasteiger partial charge on any atom is 0.462 e. The van der Waals surface area contributed by atoms with E-state index in [2.05, 4.69) is 52.0 Å². The standard InChI is InChI=1S/C20H27BO3/c1-18(2)19(3,4)24-21(23-18)17(14-10-11-14)20(12-16(22)13-20)15-8-6-5-7-9-15/h5-9,14,17H,10-13H2,1-4H3. The first kappa shape index (κ1) is 16.3. The average molecular weight is 326 g/mol. The van der Waals surface area contributed by atoms with Crippen molar-refractivity contribution in [2.75, 3.05) is 0 Å². The number of Topliss-reactive ketones (excluding diaryl/α,β-unsaturated/α-hetero) is 1. The van der Waals surface area contributed by atoms with Crippen LogP contribution in [0.1, 0.15) is 58.9 Å². The van der Waals surface area contributed by atoms with Crippen LogP contribution in [0.5, 0.6) is 0 Å².